The number of oxazole rings is 1. The quantitative estimate of drug-likeness (QED) is 0.810. The lowest BCUT2D eigenvalue weighted by molar-refractivity contribution is 0.527. The molecule has 0 amide bonds. The number of fused-ring (bicyclic) bond motifs is 1. The largest absolute Gasteiger partial charge is 0.419 e. The molecule has 0 radical (unpaired) electrons. The molecule has 2 rings (SSSR count). The molecule has 4 nitrogen and oxygen atoms in total. The van der Waals surface area contributed by atoms with Gasteiger partial charge in [0.25, 0.3) is 0 Å². The molecule has 0 unspecified atom stereocenters. The van der Waals surface area contributed by atoms with Gasteiger partial charge >= 0.3 is 5.76 Å². The first-order chi connectivity index (χ1) is 7.13. The van der Waals surface area contributed by atoms with Crippen LogP contribution in [0, 0.1) is 0 Å². The van der Waals surface area contributed by atoms with Gasteiger partial charge in [-0.25, -0.2) is 4.79 Å². The van der Waals surface area contributed by atoms with Gasteiger partial charge in [-0.15, -0.1) is 0 Å². The fourth-order valence-corrected chi connectivity index (χ4v) is 1.62. The van der Waals surface area contributed by atoms with E-state index in [1.807, 2.05) is 25.1 Å². The molecule has 0 aliphatic rings. The summed E-state index contributed by atoms with van der Waals surface area (Å²) in [7, 11) is 1.69. The minimum atomic E-state index is -0.341. The molecule has 0 saturated heterocycles. The molecule has 80 valence electrons. The van der Waals surface area contributed by atoms with E-state index in [9.17, 15) is 4.79 Å². The molecule has 15 heavy (non-hydrogen) atoms. The highest BCUT2D eigenvalue weighted by molar-refractivity contribution is 5.73. The first kappa shape index (κ1) is 9.98. The number of nitrogens with zero attached hydrogens (tertiary/aromatic N) is 1. The molecule has 2 aromatic rings. The summed E-state index contributed by atoms with van der Waals surface area (Å²) in [6.45, 7) is 2.02. The van der Waals surface area contributed by atoms with Crippen molar-refractivity contribution >= 4 is 11.1 Å². The van der Waals surface area contributed by atoms with Gasteiger partial charge in [0.15, 0.2) is 5.58 Å². The molecule has 0 fully saturated rings. The molecular formula is C11H14N2O2. The van der Waals surface area contributed by atoms with E-state index < -0.39 is 0 Å². The third-order valence-corrected chi connectivity index (χ3v) is 2.68. The Balaban J connectivity index is 2.62. The van der Waals surface area contributed by atoms with E-state index in [0.717, 1.165) is 17.5 Å². The molecule has 0 saturated carbocycles. The predicted molar refractivity (Wildman–Crippen MR) is 58.7 cm³/mol. The van der Waals surface area contributed by atoms with Crippen LogP contribution in [0.2, 0.25) is 0 Å². The Hall–Kier alpha value is -1.55. The second kappa shape index (κ2) is 3.55. The zero-order valence-corrected chi connectivity index (χ0v) is 8.86. The van der Waals surface area contributed by atoms with Crippen LogP contribution in [0.4, 0.5) is 0 Å². The van der Waals surface area contributed by atoms with Crippen LogP contribution in [0.3, 0.4) is 0 Å². The van der Waals surface area contributed by atoms with Gasteiger partial charge in [-0.1, -0.05) is 13.0 Å². The van der Waals surface area contributed by atoms with Crippen molar-refractivity contribution in [3.05, 3.63) is 34.3 Å². The Labute approximate surface area is 87.3 Å². The zero-order chi connectivity index (χ0) is 11.0. The van der Waals surface area contributed by atoms with Crippen LogP contribution in [0.1, 0.15) is 24.9 Å². The van der Waals surface area contributed by atoms with E-state index in [-0.39, 0.29) is 11.8 Å². The standard InChI is InChI=1S/C11H14N2O2/c1-3-8(12)7-4-5-9-10(6-7)15-11(14)13(9)2/h4-6,8H,3,12H2,1-2H3/t8-/m1/s1. The highest BCUT2D eigenvalue weighted by Crippen LogP contribution is 2.19. The number of aryl methyl sites for hydroxylation is 1. The molecule has 1 aromatic carbocycles. The lowest BCUT2D eigenvalue weighted by Crippen LogP contribution is -2.09. The Bertz CT molecular complexity index is 539. The molecule has 1 heterocycles. The number of rotatable bonds is 2. The van der Waals surface area contributed by atoms with Crippen LogP contribution in [-0.2, 0) is 7.05 Å². The molecule has 0 aliphatic carbocycles. The SMILES string of the molecule is CC[C@@H](N)c1ccc2c(c1)oc(=O)n2C. The van der Waals surface area contributed by atoms with Crippen LogP contribution in [-0.4, -0.2) is 4.57 Å². The first-order valence-corrected chi connectivity index (χ1v) is 4.98. The molecule has 1 atom stereocenters. The Morgan fingerprint density at radius 2 is 2.27 bits per heavy atom. The maximum Gasteiger partial charge on any atom is 0.419 e. The summed E-state index contributed by atoms with van der Waals surface area (Å²) >= 11 is 0. The lowest BCUT2D eigenvalue weighted by Gasteiger charge is -2.07. The number of nitrogens with two attached hydrogens (primary N) is 1. The van der Waals surface area contributed by atoms with Gasteiger partial charge in [0.1, 0.15) is 0 Å². The van der Waals surface area contributed by atoms with Crippen LogP contribution < -0.4 is 11.5 Å². The predicted octanol–water partition coefficient (Wildman–Crippen LogP) is 1.54. The van der Waals surface area contributed by atoms with Crippen molar-refractivity contribution in [2.75, 3.05) is 0 Å². The van der Waals surface area contributed by atoms with Crippen molar-refractivity contribution < 1.29 is 4.42 Å². The summed E-state index contributed by atoms with van der Waals surface area (Å²) in [5.74, 6) is -0.341. The average Bonchev–Trinajstić information content (AvgIpc) is 2.53. The highest BCUT2D eigenvalue weighted by Gasteiger charge is 2.09. The molecule has 1 aromatic heterocycles. The van der Waals surface area contributed by atoms with Gasteiger partial charge in [-0.3, -0.25) is 4.57 Å². The topological polar surface area (TPSA) is 61.2 Å². The van der Waals surface area contributed by atoms with Crippen LogP contribution in [0.25, 0.3) is 11.1 Å². The number of hydrogen-bond acceptors (Lipinski definition) is 3. The Morgan fingerprint density at radius 1 is 1.53 bits per heavy atom. The van der Waals surface area contributed by atoms with Crippen LogP contribution in [0.15, 0.2) is 27.4 Å². The molecule has 2 N–H and O–H groups in total. The summed E-state index contributed by atoms with van der Waals surface area (Å²) < 4.78 is 6.57. The van der Waals surface area contributed by atoms with Gasteiger partial charge in [0, 0.05) is 13.1 Å². The molecule has 4 heteroatoms. The number of aromatic nitrogens is 1. The lowest BCUT2D eigenvalue weighted by atomic mass is 10.1. The summed E-state index contributed by atoms with van der Waals surface area (Å²) in [6, 6.07) is 5.64. The maximum atomic E-state index is 11.3. The fourth-order valence-electron chi connectivity index (χ4n) is 1.62. The monoisotopic (exact) mass is 206 g/mol. The van der Waals surface area contributed by atoms with Gasteiger partial charge in [0.2, 0.25) is 0 Å². The van der Waals surface area contributed by atoms with E-state index in [0.29, 0.717) is 5.58 Å². The van der Waals surface area contributed by atoms with Crippen LogP contribution >= 0.6 is 0 Å². The van der Waals surface area contributed by atoms with Gasteiger partial charge in [-0.2, -0.15) is 0 Å². The summed E-state index contributed by atoms with van der Waals surface area (Å²) in [6.07, 6.45) is 0.864. The normalized spacial score (nSPS) is 13.3. The fraction of sp³-hybridized carbons (Fsp3) is 0.364. The van der Waals surface area contributed by atoms with Crippen molar-refractivity contribution in [2.45, 2.75) is 19.4 Å². The van der Waals surface area contributed by atoms with Gasteiger partial charge in [0.05, 0.1) is 5.52 Å². The Kier molecular flexibility index (Phi) is 2.36. The number of benzene rings is 1. The second-order valence-electron chi connectivity index (χ2n) is 3.67. The van der Waals surface area contributed by atoms with Crippen LogP contribution in [0.5, 0.6) is 0 Å². The first-order valence-electron chi connectivity index (χ1n) is 4.98. The van der Waals surface area contributed by atoms with E-state index >= 15 is 0 Å². The third kappa shape index (κ3) is 1.57. The van der Waals surface area contributed by atoms with E-state index in [1.165, 1.54) is 4.57 Å². The molecule has 0 spiro atoms. The smallest absolute Gasteiger partial charge is 0.408 e. The minimum Gasteiger partial charge on any atom is -0.408 e. The third-order valence-electron chi connectivity index (χ3n) is 2.68. The van der Waals surface area contributed by atoms with Gasteiger partial charge < -0.3 is 10.2 Å². The van der Waals surface area contributed by atoms with Gasteiger partial charge in [-0.05, 0) is 24.1 Å². The maximum absolute atomic E-state index is 11.3. The summed E-state index contributed by atoms with van der Waals surface area (Å²) in [5.41, 5.74) is 8.30. The minimum absolute atomic E-state index is 0.0000850. The Morgan fingerprint density at radius 3 is 2.93 bits per heavy atom. The van der Waals surface area contributed by atoms with Crippen molar-refractivity contribution in [3.8, 4) is 0 Å². The summed E-state index contributed by atoms with van der Waals surface area (Å²) in [4.78, 5) is 11.3. The van der Waals surface area contributed by atoms with E-state index in [2.05, 4.69) is 0 Å². The molecule has 0 aliphatic heterocycles. The van der Waals surface area contributed by atoms with E-state index in [4.69, 9.17) is 10.2 Å². The molecule has 0 bridgehead atoms. The zero-order valence-electron chi connectivity index (χ0n) is 8.86. The van der Waals surface area contributed by atoms with Crippen molar-refractivity contribution in [3.63, 3.8) is 0 Å². The van der Waals surface area contributed by atoms with Crippen molar-refractivity contribution in [1.29, 1.82) is 0 Å². The highest BCUT2D eigenvalue weighted by atomic mass is 16.4. The van der Waals surface area contributed by atoms with Crippen molar-refractivity contribution in [1.82, 2.24) is 4.57 Å². The number of hydrogen-bond donors (Lipinski definition) is 1. The second-order valence-corrected chi connectivity index (χ2v) is 3.67. The van der Waals surface area contributed by atoms with E-state index in [1.54, 1.807) is 7.05 Å². The summed E-state index contributed by atoms with van der Waals surface area (Å²) in [5, 5.41) is 0. The van der Waals surface area contributed by atoms with Crippen molar-refractivity contribution in [2.24, 2.45) is 12.8 Å². The average molecular weight is 206 g/mol. The molecular weight excluding hydrogens is 192 g/mol.